The van der Waals surface area contributed by atoms with E-state index in [9.17, 15) is 9.59 Å². The topological polar surface area (TPSA) is 51.5 Å². The van der Waals surface area contributed by atoms with E-state index in [1.165, 1.54) is 0 Å². The van der Waals surface area contributed by atoms with Crippen LogP contribution in [0.15, 0.2) is 29.7 Å². The van der Waals surface area contributed by atoms with Gasteiger partial charge in [-0.25, -0.2) is 0 Å². The Kier molecular flexibility index (Phi) is 5.58. The van der Waals surface area contributed by atoms with Crippen LogP contribution in [0.4, 0.5) is 0 Å². The number of carbonyl (C=O) groups excluding carboxylic acids is 2. The van der Waals surface area contributed by atoms with Crippen LogP contribution in [-0.2, 0) is 16.1 Å². The molecule has 5 nitrogen and oxygen atoms in total. The van der Waals surface area contributed by atoms with Crippen LogP contribution in [0.2, 0.25) is 0 Å². The second-order valence-electron chi connectivity index (χ2n) is 6.23. The molecule has 6 heteroatoms. The van der Waals surface area contributed by atoms with Crippen molar-refractivity contribution in [1.82, 2.24) is 9.47 Å². The summed E-state index contributed by atoms with van der Waals surface area (Å²) in [5.74, 6) is -0.398. The van der Waals surface area contributed by atoms with Gasteiger partial charge in [-0.1, -0.05) is 12.2 Å². The van der Waals surface area contributed by atoms with Gasteiger partial charge in [0.1, 0.15) is 10.5 Å². The third-order valence-corrected chi connectivity index (χ3v) is 5.53. The van der Waals surface area contributed by atoms with Crippen LogP contribution in [0.1, 0.15) is 37.2 Å². The van der Waals surface area contributed by atoms with E-state index in [1.54, 1.807) is 16.2 Å². The standard InChI is InChI=1S/C19H24N2O3S/c1-3-5-10-21-16(12-14-8-11-25-18(14)21)17(22)20-9-6-7-15(13-20)19(23)24-4-2/h3,5,8,11-12,15H,4,6-7,9-10,13H2,1-2H3/b5-3-. The molecule has 3 rings (SSSR count). The molecule has 1 aliphatic rings. The summed E-state index contributed by atoms with van der Waals surface area (Å²) in [6, 6.07) is 4.01. The van der Waals surface area contributed by atoms with Gasteiger partial charge in [0, 0.05) is 25.0 Å². The third kappa shape index (κ3) is 3.63. The van der Waals surface area contributed by atoms with Crippen LogP contribution in [0, 0.1) is 5.92 Å². The highest BCUT2D eigenvalue weighted by Crippen LogP contribution is 2.27. The van der Waals surface area contributed by atoms with Gasteiger partial charge in [0.15, 0.2) is 0 Å². The molecule has 1 unspecified atom stereocenters. The van der Waals surface area contributed by atoms with Crippen molar-refractivity contribution in [3.8, 4) is 0 Å². The first kappa shape index (κ1) is 17.7. The fraction of sp³-hybridized carbons (Fsp3) is 0.474. The maximum atomic E-state index is 13.1. The second-order valence-corrected chi connectivity index (χ2v) is 7.13. The molecule has 0 bridgehead atoms. The number of hydrogen-bond acceptors (Lipinski definition) is 4. The number of allylic oxidation sites excluding steroid dienone is 2. The van der Waals surface area contributed by atoms with E-state index in [0.29, 0.717) is 31.9 Å². The predicted molar refractivity (Wildman–Crippen MR) is 99.9 cm³/mol. The summed E-state index contributed by atoms with van der Waals surface area (Å²) in [6.45, 7) is 5.98. The summed E-state index contributed by atoms with van der Waals surface area (Å²) in [5, 5.41) is 3.14. The quantitative estimate of drug-likeness (QED) is 0.603. The summed E-state index contributed by atoms with van der Waals surface area (Å²) in [7, 11) is 0. The molecule has 2 aromatic rings. The van der Waals surface area contributed by atoms with Crippen molar-refractivity contribution < 1.29 is 14.3 Å². The van der Waals surface area contributed by atoms with Gasteiger partial charge < -0.3 is 14.2 Å². The van der Waals surface area contributed by atoms with Crippen molar-refractivity contribution in [2.24, 2.45) is 5.92 Å². The van der Waals surface area contributed by atoms with E-state index < -0.39 is 0 Å². The molecule has 0 radical (unpaired) electrons. The van der Waals surface area contributed by atoms with E-state index in [-0.39, 0.29) is 17.8 Å². The van der Waals surface area contributed by atoms with E-state index in [1.807, 2.05) is 43.5 Å². The Balaban J connectivity index is 1.83. The normalized spacial score (nSPS) is 18.2. The third-order valence-electron chi connectivity index (χ3n) is 4.57. The molecule has 1 fully saturated rings. The number of thiophene rings is 1. The van der Waals surface area contributed by atoms with Crippen molar-refractivity contribution in [3.63, 3.8) is 0 Å². The van der Waals surface area contributed by atoms with Gasteiger partial charge in [0.05, 0.1) is 12.5 Å². The lowest BCUT2D eigenvalue weighted by atomic mass is 9.98. The van der Waals surface area contributed by atoms with Gasteiger partial charge in [0.2, 0.25) is 0 Å². The van der Waals surface area contributed by atoms with Crippen LogP contribution >= 0.6 is 11.3 Å². The zero-order valence-corrected chi connectivity index (χ0v) is 15.6. The van der Waals surface area contributed by atoms with Crippen LogP contribution in [0.25, 0.3) is 10.2 Å². The lowest BCUT2D eigenvalue weighted by molar-refractivity contribution is -0.149. The first-order valence-electron chi connectivity index (χ1n) is 8.79. The number of piperidine rings is 1. The molecular formula is C19H24N2O3S. The number of aromatic nitrogens is 1. The second kappa shape index (κ2) is 7.87. The first-order chi connectivity index (χ1) is 12.2. The summed E-state index contributed by atoms with van der Waals surface area (Å²) in [5.41, 5.74) is 0.699. The Labute approximate surface area is 151 Å². The lowest BCUT2D eigenvalue weighted by Crippen LogP contribution is -2.43. The van der Waals surface area contributed by atoms with Gasteiger partial charge in [-0.15, -0.1) is 11.3 Å². The highest BCUT2D eigenvalue weighted by atomic mass is 32.1. The number of amides is 1. The molecule has 0 N–H and O–H groups in total. The number of esters is 1. The van der Waals surface area contributed by atoms with Crippen LogP contribution in [0.3, 0.4) is 0 Å². The van der Waals surface area contributed by atoms with Crippen molar-refractivity contribution >= 4 is 33.4 Å². The smallest absolute Gasteiger partial charge is 0.310 e. The Hall–Kier alpha value is -2.08. The largest absolute Gasteiger partial charge is 0.466 e. The summed E-state index contributed by atoms with van der Waals surface area (Å²) in [4.78, 5) is 28.1. The molecule has 3 heterocycles. The molecule has 0 spiro atoms. The number of ether oxygens (including phenoxy) is 1. The average Bonchev–Trinajstić information content (AvgIpc) is 3.21. The van der Waals surface area contributed by atoms with Gasteiger partial charge >= 0.3 is 5.97 Å². The average molecular weight is 360 g/mol. The van der Waals surface area contributed by atoms with Gasteiger partial charge in [-0.05, 0) is 44.2 Å². The molecule has 25 heavy (non-hydrogen) atoms. The minimum Gasteiger partial charge on any atom is -0.466 e. The minimum absolute atomic E-state index is 0.00176. The molecule has 1 atom stereocenters. The highest BCUT2D eigenvalue weighted by Gasteiger charge is 2.31. The maximum Gasteiger partial charge on any atom is 0.310 e. The molecule has 1 saturated heterocycles. The molecule has 0 aliphatic carbocycles. The summed E-state index contributed by atoms with van der Waals surface area (Å²) in [6.07, 6.45) is 5.66. The number of fused-ring (bicyclic) bond motifs is 1. The molecule has 2 aromatic heterocycles. The molecule has 134 valence electrons. The van der Waals surface area contributed by atoms with Crippen LogP contribution in [0.5, 0.6) is 0 Å². The van der Waals surface area contributed by atoms with Gasteiger partial charge in [-0.3, -0.25) is 9.59 Å². The SMILES string of the molecule is C/C=C\Cn1c(C(=O)N2CCCC(C(=O)OCC)C2)cc2ccsc21. The Bertz CT molecular complexity index is 790. The molecule has 0 aromatic carbocycles. The first-order valence-corrected chi connectivity index (χ1v) is 9.67. The number of rotatable bonds is 5. The monoisotopic (exact) mass is 360 g/mol. The fourth-order valence-electron chi connectivity index (χ4n) is 3.32. The Morgan fingerprint density at radius 2 is 2.28 bits per heavy atom. The van der Waals surface area contributed by atoms with E-state index in [4.69, 9.17) is 4.74 Å². The number of hydrogen-bond donors (Lipinski definition) is 0. The van der Waals surface area contributed by atoms with E-state index >= 15 is 0 Å². The van der Waals surface area contributed by atoms with E-state index in [2.05, 4.69) is 4.57 Å². The zero-order chi connectivity index (χ0) is 17.8. The summed E-state index contributed by atoms with van der Waals surface area (Å²) < 4.78 is 7.20. The molecular weight excluding hydrogens is 336 g/mol. The van der Waals surface area contributed by atoms with Gasteiger partial charge in [0.25, 0.3) is 5.91 Å². The van der Waals surface area contributed by atoms with Crippen molar-refractivity contribution in [3.05, 3.63) is 35.4 Å². The van der Waals surface area contributed by atoms with Crippen LogP contribution < -0.4 is 0 Å². The molecule has 1 aliphatic heterocycles. The molecule has 0 saturated carbocycles. The Morgan fingerprint density at radius 3 is 3.04 bits per heavy atom. The number of nitrogens with zero attached hydrogens (tertiary/aromatic N) is 2. The highest BCUT2D eigenvalue weighted by molar-refractivity contribution is 7.16. The van der Waals surface area contributed by atoms with Crippen molar-refractivity contribution in [1.29, 1.82) is 0 Å². The van der Waals surface area contributed by atoms with E-state index in [0.717, 1.165) is 23.1 Å². The number of carbonyl (C=O) groups is 2. The Morgan fingerprint density at radius 1 is 1.44 bits per heavy atom. The minimum atomic E-state index is -0.210. The van der Waals surface area contributed by atoms with Crippen molar-refractivity contribution in [2.45, 2.75) is 33.2 Å². The zero-order valence-electron chi connectivity index (χ0n) is 14.7. The predicted octanol–water partition coefficient (Wildman–Crippen LogP) is 3.69. The van der Waals surface area contributed by atoms with Crippen LogP contribution in [-0.4, -0.2) is 41.0 Å². The van der Waals surface area contributed by atoms with Gasteiger partial charge in [-0.2, -0.15) is 0 Å². The van der Waals surface area contributed by atoms with Crippen molar-refractivity contribution in [2.75, 3.05) is 19.7 Å². The fourth-order valence-corrected chi connectivity index (χ4v) is 4.23. The maximum absolute atomic E-state index is 13.1. The molecule has 1 amide bonds. The lowest BCUT2D eigenvalue weighted by Gasteiger charge is -2.31. The summed E-state index contributed by atoms with van der Waals surface area (Å²) >= 11 is 1.65. The number of likely N-dealkylation sites (tertiary alicyclic amines) is 1.